The SMILES string of the molecule is C=C(C)c1ccc2c(c1)C(C)(C)c1ccccc1-2.CC.CC(=BCc1cccc(-c2cccc3c2OC2=C(CCC4=C2c2ccccc2C4(C)C)O3)c1)c1ccccc1. The van der Waals surface area contributed by atoms with E-state index in [1.165, 1.54) is 66.7 Å². The standard InChI is InChI=1S/C36H31BO2.C18H18.C2H6/c1-23(25-12-5-4-6-13-25)37-22-24-11-9-14-26(21-24)27-16-10-18-31-34(27)39-35-32(38-31)20-19-30-33(35)28-15-7-8-17-29(28)36(30,2)3;1-12(2)13-9-10-15-14-7-5-6-8-16(14)18(3,4)17(15)11-13;1-2/h4-18,21H,19-20,22H2,1-3H3;5-11H,1H2,2-4H3;1-2H3. The molecule has 3 heteroatoms. The molecule has 0 spiro atoms. The molecule has 0 atom stereocenters. The fraction of sp³-hybridized carbons (Fsp3) is 0.232. The Bertz CT molecular complexity index is 2690. The van der Waals surface area contributed by atoms with Gasteiger partial charge in [-0.25, -0.2) is 0 Å². The Balaban J connectivity index is 0.000000202. The minimum absolute atomic E-state index is 0.00661. The van der Waals surface area contributed by atoms with E-state index in [2.05, 4.69) is 189 Å². The average Bonchev–Trinajstić information content (AvgIpc) is 3.65. The van der Waals surface area contributed by atoms with Crippen molar-refractivity contribution >= 4 is 23.5 Å². The van der Waals surface area contributed by atoms with Gasteiger partial charge in [0.05, 0.1) is 0 Å². The summed E-state index contributed by atoms with van der Waals surface area (Å²) in [6, 6.07) is 49.8. The van der Waals surface area contributed by atoms with Gasteiger partial charge in [-0.2, -0.15) is 0 Å². The quantitative estimate of drug-likeness (QED) is 0.163. The van der Waals surface area contributed by atoms with Crippen LogP contribution >= 0.6 is 0 Å². The van der Waals surface area contributed by atoms with E-state index in [1.54, 1.807) is 0 Å². The first kappa shape index (κ1) is 39.9. The predicted octanol–water partition coefficient (Wildman–Crippen LogP) is 14.4. The Morgan fingerprint density at radius 3 is 1.98 bits per heavy atom. The molecule has 0 radical (unpaired) electrons. The van der Waals surface area contributed by atoms with Crippen LogP contribution in [0.2, 0.25) is 0 Å². The second-order valence-electron chi connectivity index (χ2n) is 17.0. The van der Waals surface area contributed by atoms with Crippen molar-refractivity contribution in [3.05, 3.63) is 202 Å². The van der Waals surface area contributed by atoms with Crippen LogP contribution < -0.4 is 9.47 Å². The Morgan fingerprint density at radius 2 is 1.24 bits per heavy atom. The van der Waals surface area contributed by atoms with Gasteiger partial charge in [0, 0.05) is 5.41 Å². The molecule has 6 aromatic carbocycles. The van der Waals surface area contributed by atoms with Gasteiger partial charge in [0.25, 0.3) is 0 Å². The molecule has 0 amide bonds. The first-order valence-electron chi connectivity index (χ1n) is 21.3. The normalized spacial score (nSPS) is 15.8. The van der Waals surface area contributed by atoms with Crippen molar-refractivity contribution in [3.8, 4) is 33.8 Å². The maximum absolute atomic E-state index is 6.87. The van der Waals surface area contributed by atoms with E-state index in [1.807, 2.05) is 19.9 Å². The number of rotatable bonds is 5. The van der Waals surface area contributed by atoms with E-state index >= 15 is 0 Å². The van der Waals surface area contributed by atoms with Crippen molar-refractivity contribution in [1.29, 1.82) is 0 Å². The molecule has 59 heavy (non-hydrogen) atoms. The Labute approximate surface area is 352 Å². The molecule has 0 N–H and O–H groups in total. The molecule has 1 heterocycles. The molecule has 0 fully saturated rings. The third-order valence-electron chi connectivity index (χ3n) is 12.6. The third-order valence-corrected chi connectivity index (χ3v) is 12.6. The molecule has 0 bridgehead atoms. The summed E-state index contributed by atoms with van der Waals surface area (Å²) in [5.74, 6) is 3.44. The summed E-state index contributed by atoms with van der Waals surface area (Å²) in [5.41, 5.74) is 19.4. The average molecular weight is 771 g/mol. The zero-order valence-electron chi connectivity index (χ0n) is 36.0. The van der Waals surface area contributed by atoms with Crippen molar-refractivity contribution in [2.24, 2.45) is 0 Å². The van der Waals surface area contributed by atoms with Gasteiger partial charge in [0.1, 0.15) is 0 Å². The van der Waals surface area contributed by atoms with E-state index in [4.69, 9.17) is 9.47 Å². The molecular formula is C56H55BO2. The van der Waals surface area contributed by atoms with Crippen LogP contribution in [0.5, 0.6) is 11.5 Å². The molecule has 0 unspecified atom stereocenters. The summed E-state index contributed by atoms with van der Waals surface area (Å²) in [4.78, 5) is 0. The number of ether oxygens (including phenoxy) is 2. The van der Waals surface area contributed by atoms with Crippen LogP contribution in [0.3, 0.4) is 0 Å². The summed E-state index contributed by atoms with van der Waals surface area (Å²) in [7, 11) is 0. The van der Waals surface area contributed by atoms with E-state index in [-0.39, 0.29) is 10.8 Å². The van der Waals surface area contributed by atoms with Crippen LogP contribution in [0.25, 0.3) is 33.4 Å². The summed E-state index contributed by atoms with van der Waals surface area (Å²) in [6.07, 6.45) is 2.72. The molecule has 0 saturated heterocycles. The van der Waals surface area contributed by atoms with Crippen molar-refractivity contribution in [3.63, 3.8) is 0 Å². The van der Waals surface area contributed by atoms with Crippen LogP contribution in [0.15, 0.2) is 163 Å². The van der Waals surface area contributed by atoms with Crippen molar-refractivity contribution in [2.45, 2.75) is 85.4 Å². The van der Waals surface area contributed by atoms with Gasteiger partial charge >= 0.3 is 226 Å². The summed E-state index contributed by atoms with van der Waals surface area (Å²) >= 11 is 0. The molecule has 10 rings (SSSR count). The van der Waals surface area contributed by atoms with Crippen LogP contribution in [0.4, 0.5) is 0 Å². The molecular weight excluding hydrogens is 715 g/mol. The monoisotopic (exact) mass is 770 g/mol. The van der Waals surface area contributed by atoms with Gasteiger partial charge in [0.15, 0.2) is 0 Å². The Hall–Kier alpha value is -5.93. The second kappa shape index (κ2) is 16.0. The van der Waals surface area contributed by atoms with Crippen LogP contribution in [-0.4, -0.2) is 12.4 Å². The predicted molar refractivity (Wildman–Crippen MR) is 252 cm³/mol. The fourth-order valence-corrected chi connectivity index (χ4v) is 9.37. The van der Waals surface area contributed by atoms with Crippen molar-refractivity contribution in [2.75, 3.05) is 0 Å². The van der Waals surface area contributed by atoms with E-state index in [0.29, 0.717) is 0 Å². The van der Waals surface area contributed by atoms with Gasteiger partial charge < -0.3 is 0 Å². The third kappa shape index (κ3) is 7.16. The molecule has 2 nitrogen and oxygen atoms in total. The number of benzene rings is 6. The van der Waals surface area contributed by atoms with Gasteiger partial charge in [-0.3, -0.25) is 0 Å². The number of para-hydroxylation sites is 1. The number of hydrogen-bond acceptors (Lipinski definition) is 2. The minimum atomic E-state index is -0.00661. The number of allylic oxidation sites excluding steroid dienone is 4. The van der Waals surface area contributed by atoms with Crippen LogP contribution in [-0.2, 0) is 17.2 Å². The van der Waals surface area contributed by atoms with Crippen LogP contribution in [0.1, 0.15) is 107 Å². The molecule has 6 aromatic rings. The zero-order valence-corrected chi connectivity index (χ0v) is 36.0. The van der Waals surface area contributed by atoms with Crippen LogP contribution in [0, 0.1) is 0 Å². The number of hydrogen-bond donors (Lipinski definition) is 0. The Kier molecular flexibility index (Phi) is 10.8. The topological polar surface area (TPSA) is 18.5 Å². The fourth-order valence-electron chi connectivity index (χ4n) is 9.37. The van der Waals surface area contributed by atoms with E-state index < -0.39 is 0 Å². The van der Waals surface area contributed by atoms with Gasteiger partial charge in [0.2, 0.25) is 0 Å². The molecule has 0 aromatic heterocycles. The summed E-state index contributed by atoms with van der Waals surface area (Å²) in [5, 5.41) is 0. The van der Waals surface area contributed by atoms with Gasteiger partial charge in [-0.05, 0) is 34.7 Å². The van der Waals surface area contributed by atoms with Gasteiger partial charge in [-0.15, -0.1) is 0 Å². The summed E-state index contributed by atoms with van der Waals surface area (Å²) < 4.78 is 13.4. The second-order valence-corrected chi connectivity index (χ2v) is 17.0. The number of fused-ring (bicyclic) bond motifs is 7. The molecule has 1 aliphatic heterocycles. The molecule has 294 valence electrons. The first-order chi connectivity index (χ1) is 28.5. The first-order valence-corrected chi connectivity index (χ1v) is 21.3. The Morgan fingerprint density at radius 1 is 0.593 bits per heavy atom. The van der Waals surface area contributed by atoms with Crippen molar-refractivity contribution < 1.29 is 9.47 Å². The summed E-state index contributed by atoms with van der Waals surface area (Å²) in [6.45, 7) is 23.9. The van der Waals surface area contributed by atoms with Gasteiger partial charge in [-0.1, -0.05) is 88.4 Å². The zero-order chi connectivity index (χ0) is 41.5. The molecule has 4 aliphatic rings. The van der Waals surface area contributed by atoms with E-state index in [0.717, 1.165) is 58.9 Å². The van der Waals surface area contributed by atoms with E-state index in [9.17, 15) is 0 Å². The molecule has 0 saturated carbocycles. The van der Waals surface area contributed by atoms with Crippen molar-refractivity contribution in [1.82, 2.24) is 0 Å². The molecule has 3 aliphatic carbocycles. The maximum atomic E-state index is 6.87.